The number of aromatic nitrogens is 3. The largest absolute Gasteiger partial charge is 0.341 e. The Kier molecular flexibility index (Phi) is 3.74. The van der Waals surface area contributed by atoms with Crippen molar-refractivity contribution in [2.24, 2.45) is 7.05 Å². The minimum Gasteiger partial charge on any atom is -0.341 e. The zero-order valence-electron chi connectivity index (χ0n) is 11.8. The second-order valence-electron chi connectivity index (χ2n) is 4.85. The Balaban J connectivity index is 2.20. The average Bonchev–Trinajstić information content (AvgIpc) is 2.96. The number of carbonyl (C=O) groups is 1. The van der Waals surface area contributed by atoms with Crippen LogP contribution in [-0.4, -0.2) is 20.3 Å². The highest BCUT2D eigenvalue weighted by Crippen LogP contribution is 2.14. The molecule has 2 aromatic heterocycles. The molecule has 5 heteroatoms. The molecule has 5 nitrogen and oxygen atoms in total. The molecule has 102 valence electrons. The molecule has 0 atom stereocenters. The lowest BCUT2D eigenvalue weighted by Gasteiger charge is -2.12. The van der Waals surface area contributed by atoms with E-state index in [9.17, 15) is 4.79 Å². The molecule has 0 bridgehead atoms. The molecule has 2 aromatic rings. The molecule has 0 spiro atoms. The Morgan fingerprint density at radius 2 is 2.21 bits per heavy atom. The van der Waals surface area contributed by atoms with Crippen molar-refractivity contribution >= 4 is 11.7 Å². The van der Waals surface area contributed by atoms with E-state index < -0.39 is 0 Å². The molecular weight excluding hydrogens is 240 g/mol. The van der Waals surface area contributed by atoms with Crippen molar-refractivity contribution in [1.82, 2.24) is 14.3 Å². The molecule has 1 amide bonds. The number of aryl methyl sites for hydroxylation is 2. The second kappa shape index (κ2) is 5.30. The van der Waals surface area contributed by atoms with Crippen LogP contribution in [0.25, 0.3) is 0 Å². The van der Waals surface area contributed by atoms with Crippen molar-refractivity contribution in [3.05, 3.63) is 35.8 Å². The van der Waals surface area contributed by atoms with Gasteiger partial charge in [0.15, 0.2) is 0 Å². The minimum absolute atomic E-state index is 0.107. The van der Waals surface area contributed by atoms with Gasteiger partial charge in [0.1, 0.15) is 11.5 Å². The quantitative estimate of drug-likeness (QED) is 0.918. The van der Waals surface area contributed by atoms with E-state index in [1.54, 1.807) is 4.68 Å². The Morgan fingerprint density at radius 3 is 2.79 bits per heavy atom. The molecule has 2 rings (SSSR count). The highest BCUT2D eigenvalue weighted by molar-refractivity contribution is 6.02. The molecule has 19 heavy (non-hydrogen) atoms. The minimum atomic E-state index is -0.107. The number of amides is 1. The third kappa shape index (κ3) is 2.70. The maximum absolute atomic E-state index is 12.3. The highest BCUT2D eigenvalue weighted by Gasteiger charge is 2.14. The number of nitrogens with zero attached hydrogens (tertiary/aromatic N) is 3. The topological polar surface area (TPSA) is 51.9 Å². The smallest absolute Gasteiger partial charge is 0.273 e. The van der Waals surface area contributed by atoms with Gasteiger partial charge in [-0.25, -0.2) is 0 Å². The van der Waals surface area contributed by atoms with E-state index in [0.717, 1.165) is 17.9 Å². The van der Waals surface area contributed by atoms with Crippen LogP contribution in [-0.2, 0) is 13.5 Å². The number of hydrogen-bond acceptors (Lipinski definition) is 2. The Hall–Kier alpha value is -2.04. The monoisotopic (exact) mass is 260 g/mol. The van der Waals surface area contributed by atoms with Gasteiger partial charge in [0, 0.05) is 25.4 Å². The summed E-state index contributed by atoms with van der Waals surface area (Å²) in [5, 5.41) is 7.22. The molecule has 0 aliphatic carbocycles. The zero-order valence-corrected chi connectivity index (χ0v) is 11.8. The van der Waals surface area contributed by atoms with Crippen LogP contribution in [0.4, 0.5) is 5.82 Å². The van der Waals surface area contributed by atoms with Crippen molar-refractivity contribution in [1.29, 1.82) is 0 Å². The van der Waals surface area contributed by atoms with E-state index in [-0.39, 0.29) is 11.9 Å². The fraction of sp³-hybridized carbons (Fsp3) is 0.429. The summed E-state index contributed by atoms with van der Waals surface area (Å²) < 4.78 is 3.64. The van der Waals surface area contributed by atoms with E-state index >= 15 is 0 Å². The van der Waals surface area contributed by atoms with Gasteiger partial charge in [-0.15, -0.1) is 0 Å². The van der Waals surface area contributed by atoms with Gasteiger partial charge in [0.25, 0.3) is 5.91 Å². The highest BCUT2D eigenvalue weighted by atomic mass is 16.2. The van der Waals surface area contributed by atoms with E-state index in [0.29, 0.717) is 5.69 Å². The summed E-state index contributed by atoms with van der Waals surface area (Å²) in [4.78, 5) is 12.3. The normalized spacial score (nSPS) is 11.0. The lowest BCUT2D eigenvalue weighted by Crippen LogP contribution is -2.19. The molecule has 0 unspecified atom stereocenters. The zero-order chi connectivity index (χ0) is 14.0. The van der Waals surface area contributed by atoms with Crippen LogP contribution in [0.3, 0.4) is 0 Å². The van der Waals surface area contributed by atoms with Gasteiger partial charge in [-0.1, -0.05) is 6.92 Å². The second-order valence-corrected chi connectivity index (χ2v) is 4.85. The summed E-state index contributed by atoms with van der Waals surface area (Å²) in [5.74, 6) is 0.614. The van der Waals surface area contributed by atoms with Crippen LogP contribution >= 0.6 is 0 Å². The predicted molar refractivity (Wildman–Crippen MR) is 75.4 cm³/mol. The summed E-state index contributed by atoms with van der Waals surface area (Å²) in [7, 11) is 1.83. The van der Waals surface area contributed by atoms with E-state index in [4.69, 9.17) is 0 Å². The standard InChI is InChI=1S/C14H20N4O/c1-5-11-9-13(17(4)16-11)15-14(19)12-7-6-8-18(12)10(2)3/h6-10H,5H2,1-4H3,(H,15,19). The number of nitrogens with one attached hydrogen (secondary N) is 1. The van der Waals surface area contributed by atoms with Crippen LogP contribution < -0.4 is 5.32 Å². The van der Waals surface area contributed by atoms with Gasteiger partial charge < -0.3 is 9.88 Å². The third-order valence-corrected chi connectivity index (χ3v) is 3.10. The molecule has 0 aromatic carbocycles. The SMILES string of the molecule is CCc1cc(NC(=O)c2cccn2C(C)C)n(C)n1. The van der Waals surface area contributed by atoms with Crippen LogP contribution in [0, 0.1) is 0 Å². The first kappa shape index (κ1) is 13.4. The Labute approximate surface area is 113 Å². The van der Waals surface area contributed by atoms with Gasteiger partial charge in [-0.3, -0.25) is 9.48 Å². The van der Waals surface area contributed by atoms with E-state index in [2.05, 4.69) is 24.3 Å². The van der Waals surface area contributed by atoms with Crippen molar-refractivity contribution in [3.63, 3.8) is 0 Å². The van der Waals surface area contributed by atoms with Crippen LogP contribution in [0.5, 0.6) is 0 Å². The van der Waals surface area contributed by atoms with Gasteiger partial charge in [0.2, 0.25) is 0 Å². The fourth-order valence-corrected chi connectivity index (χ4v) is 2.03. The van der Waals surface area contributed by atoms with E-state index in [1.807, 2.05) is 42.9 Å². The molecule has 0 fully saturated rings. The number of hydrogen-bond donors (Lipinski definition) is 1. The molecular formula is C14H20N4O. The first-order valence-corrected chi connectivity index (χ1v) is 6.54. The van der Waals surface area contributed by atoms with Crippen LogP contribution in [0.2, 0.25) is 0 Å². The van der Waals surface area contributed by atoms with Gasteiger partial charge in [-0.2, -0.15) is 5.10 Å². The predicted octanol–water partition coefficient (Wildman–Crippen LogP) is 2.62. The summed E-state index contributed by atoms with van der Waals surface area (Å²) in [6, 6.07) is 5.87. The number of carbonyl (C=O) groups excluding carboxylic acids is 1. The lowest BCUT2D eigenvalue weighted by molar-refractivity contribution is 0.101. The molecule has 0 aliphatic rings. The van der Waals surface area contributed by atoms with Crippen LogP contribution in [0.1, 0.15) is 43.0 Å². The number of anilines is 1. The van der Waals surface area contributed by atoms with Crippen LogP contribution in [0.15, 0.2) is 24.4 Å². The van der Waals surface area contributed by atoms with Gasteiger partial charge >= 0.3 is 0 Å². The molecule has 1 N–H and O–H groups in total. The third-order valence-electron chi connectivity index (χ3n) is 3.10. The van der Waals surface area contributed by atoms with Gasteiger partial charge in [0.05, 0.1) is 5.69 Å². The summed E-state index contributed by atoms with van der Waals surface area (Å²) in [6.07, 6.45) is 2.77. The Bertz CT molecular complexity index is 580. The maximum atomic E-state index is 12.3. The first-order valence-electron chi connectivity index (χ1n) is 6.54. The molecule has 0 saturated heterocycles. The lowest BCUT2D eigenvalue weighted by atomic mass is 10.3. The van der Waals surface area contributed by atoms with E-state index in [1.165, 1.54) is 0 Å². The number of rotatable bonds is 4. The fourth-order valence-electron chi connectivity index (χ4n) is 2.03. The van der Waals surface area contributed by atoms with Crippen molar-refractivity contribution in [2.45, 2.75) is 33.2 Å². The van der Waals surface area contributed by atoms with Crippen molar-refractivity contribution in [3.8, 4) is 0 Å². The van der Waals surface area contributed by atoms with Crippen molar-refractivity contribution < 1.29 is 4.79 Å². The summed E-state index contributed by atoms with van der Waals surface area (Å²) in [5.41, 5.74) is 1.63. The van der Waals surface area contributed by atoms with Crippen molar-refractivity contribution in [2.75, 3.05) is 5.32 Å². The molecule has 0 aliphatic heterocycles. The summed E-state index contributed by atoms with van der Waals surface area (Å²) >= 11 is 0. The molecule has 0 saturated carbocycles. The Morgan fingerprint density at radius 1 is 1.47 bits per heavy atom. The maximum Gasteiger partial charge on any atom is 0.273 e. The molecule has 0 radical (unpaired) electrons. The molecule has 2 heterocycles. The summed E-state index contributed by atoms with van der Waals surface area (Å²) in [6.45, 7) is 6.14. The first-order chi connectivity index (χ1) is 9.02. The average molecular weight is 260 g/mol. The van der Waals surface area contributed by atoms with Gasteiger partial charge in [-0.05, 0) is 32.4 Å².